The Morgan fingerprint density at radius 2 is 1.72 bits per heavy atom. The largest absolute Gasteiger partial charge is 0.482 e. The second kappa shape index (κ2) is 7.56. The van der Waals surface area contributed by atoms with Gasteiger partial charge in [-0.25, -0.2) is 28.7 Å². The first-order valence-corrected chi connectivity index (χ1v) is 8.95. The summed E-state index contributed by atoms with van der Waals surface area (Å²) >= 11 is 5.74. The Morgan fingerprint density at radius 3 is 2.48 bits per heavy atom. The van der Waals surface area contributed by atoms with Crippen molar-refractivity contribution in [1.29, 1.82) is 0 Å². The molecule has 0 saturated heterocycles. The predicted molar refractivity (Wildman–Crippen MR) is 105 cm³/mol. The number of benzene rings is 2. The van der Waals surface area contributed by atoms with Crippen LogP contribution >= 0.6 is 11.6 Å². The number of nitrogens with zero attached hydrogens (tertiary/aromatic N) is 4. The van der Waals surface area contributed by atoms with Crippen molar-refractivity contribution in [3.63, 3.8) is 0 Å². The van der Waals surface area contributed by atoms with E-state index in [1.54, 1.807) is 37.5 Å². The number of nitrogen functional groups attached to an aromatic ring is 1. The van der Waals surface area contributed by atoms with Crippen molar-refractivity contribution in [2.24, 2.45) is 0 Å². The van der Waals surface area contributed by atoms with Crippen LogP contribution in [0.4, 0.5) is 14.6 Å². The number of halogens is 3. The molecule has 9 heteroatoms. The lowest BCUT2D eigenvalue weighted by Crippen LogP contribution is -2.08. The Balaban J connectivity index is 1.86. The highest BCUT2D eigenvalue weighted by atomic mass is 35.5. The first kappa shape index (κ1) is 18.9. The maximum atomic E-state index is 14.6. The third-order valence-electron chi connectivity index (χ3n) is 4.36. The van der Waals surface area contributed by atoms with E-state index in [4.69, 9.17) is 22.1 Å². The normalized spacial score (nSPS) is 12.1. The minimum absolute atomic E-state index is 0.0884. The Labute approximate surface area is 169 Å². The number of fused-ring (bicyclic) bond motifs is 1. The molecule has 0 amide bonds. The van der Waals surface area contributed by atoms with E-state index in [1.807, 2.05) is 0 Å². The van der Waals surface area contributed by atoms with Crippen LogP contribution in [-0.2, 0) is 0 Å². The summed E-state index contributed by atoms with van der Waals surface area (Å²) in [4.78, 5) is 16.6. The predicted octanol–water partition coefficient (Wildman–Crippen LogP) is 4.74. The lowest BCUT2D eigenvalue weighted by molar-refractivity contribution is 0.219. The highest BCUT2D eigenvalue weighted by molar-refractivity contribution is 6.31. The van der Waals surface area contributed by atoms with Crippen LogP contribution in [-0.4, -0.2) is 19.9 Å². The molecule has 0 unspecified atom stereocenters. The van der Waals surface area contributed by atoms with Gasteiger partial charge < -0.3 is 10.5 Å². The minimum atomic E-state index is -0.884. The smallest absolute Gasteiger partial charge is 0.168 e. The van der Waals surface area contributed by atoms with Crippen molar-refractivity contribution in [3.05, 3.63) is 71.5 Å². The molecule has 4 rings (SSSR count). The van der Waals surface area contributed by atoms with Gasteiger partial charge in [-0.2, -0.15) is 0 Å². The van der Waals surface area contributed by atoms with Crippen LogP contribution in [0.3, 0.4) is 0 Å². The summed E-state index contributed by atoms with van der Waals surface area (Å²) in [5.74, 6) is -0.707. The second-order valence-corrected chi connectivity index (χ2v) is 6.56. The van der Waals surface area contributed by atoms with Gasteiger partial charge >= 0.3 is 0 Å². The molecule has 0 aliphatic heterocycles. The fraction of sp³-hybridized carbons (Fsp3) is 0.100. The zero-order chi connectivity index (χ0) is 20.5. The zero-order valence-corrected chi connectivity index (χ0v) is 15.9. The maximum absolute atomic E-state index is 14.6. The van der Waals surface area contributed by atoms with Gasteiger partial charge in [0.25, 0.3) is 0 Å². The molecule has 0 aliphatic carbocycles. The van der Waals surface area contributed by atoms with Crippen LogP contribution < -0.4 is 10.5 Å². The fourth-order valence-electron chi connectivity index (χ4n) is 2.98. The summed E-state index contributed by atoms with van der Waals surface area (Å²) < 4.78 is 34.2. The molecule has 0 fully saturated rings. The van der Waals surface area contributed by atoms with E-state index < -0.39 is 22.8 Å². The van der Waals surface area contributed by atoms with Crippen molar-refractivity contribution < 1.29 is 13.5 Å². The van der Waals surface area contributed by atoms with Crippen molar-refractivity contribution in [2.45, 2.75) is 13.0 Å². The molecule has 0 spiro atoms. The molecule has 0 aliphatic rings. The minimum Gasteiger partial charge on any atom is -0.482 e. The number of aromatic nitrogens is 4. The summed E-state index contributed by atoms with van der Waals surface area (Å²) in [7, 11) is 0. The molecule has 29 heavy (non-hydrogen) atoms. The number of rotatable bonds is 4. The Hall–Kier alpha value is -3.39. The van der Waals surface area contributed by atoms with E-state index >= 15 is 0 Å². The Bertz CT molecular complexity index is 1210. The number of ether oxygens (including phenoxy) is 1. The third kappa shape index (κ3) is 3.42. The molecule has 2 N–H and O–H groups in total. The van der Waals surface area contributed by atoms with Gasteiger partial charge in [0.05, 0.1) is 10.9 Å². The highest BCUT2D eigenvalue weighted by Crippen LogP contribution is 2.39. The molecule has 1 atom stereocenters. The lowest BCUT2D eigenvalue weighted by Gasteiger charge is -2.17. The number of nitrogens with two attached hydrogens (primary N) is 1. The molecule has 4 aromatic rings. The van der Waals surface area contributed by atoms with Gasteiger partial charge in [-0.3, -0.25) is 0 Å². The lowest BCUT2D eigenvalue weighted by atomic mass is 10.0. The van der Waals surface area contributed by atoms with Crippen LogP contribution in [0.15, 0.2) is 49.1 Å². The summed E-state index contributed by atoms with van der Waals surface area (Å²) in [6, 6.07) is 7.32. The third-order valence-corrected chi connectivity index (χ3v) is 4.70. The van der Waals surface area contributed by atoms with Crippen LogP contribution in [0, 0.1) is 11.6 Å². The van der Waals surface area contributed by atoms with Gasteiger partial charge in [0.1, 0.15) is 28.7 Å². The average molecular weight is 414 g/mol. The van der Waals surface area contributed by atoms with E-state index in [1.165, 1.54) is 12.4 Å². The molecular formula is C20H14ClF2N5O. The Kier molecular flexibility index (Phi) is 4.94. The standard InChI is InChI=1S/C20H14ClF2N5O/c1-10(20-25-7-2-8-26-20)29-14-6-4-12(18-15(14)19(24)28-9-27-18)11-3-5-13(22)16(21)17(11)23/h2-10H,1H3,(H2,24,27,28)/t10-/m0/s1. The highest BCUT2D eigenvalue weighted by Gasteiger charge is 2.20. The van der Waals surface area contributed by atoms with Gasteiger partial charge in [-0.1, -0.05) is 11.6 Å². The van der Waals surface area contributed by atoms with E-state index in [0.717, 1.165) is 6.07 Å². The summed E-state index contributed by atoms with van der Waals surface area (Å²) in [5.41, 5.74) is 6.88. The zero-order valence-electron chi connectivity index (χ0n) is 15.1. The molecule has 6 nitrogen and oxygen atoms in total. The van der Waals surface area contributed by atoms with E-state index in [0.29, 0.717) is 28.0 Å². The van der Waals surface area contributed by atoms with E-state index in [-0.39, 0.29) is 11.4 Å². The molecule has 0 saturated carbocycles. The van der Waals surface area contributed by atoms with Gasteiger partial charge in [0.2, 0.25) is 0 Å². The Morgan fingerprint density at radius 1 is 1.00 bits per heavy atom. The van der Waals surface area contributed by atoms with Crippen molar-refractivity contribution >= 4 is 28.3 Å². The van der Waals surface area contributed by atoms with Gasteiger partial charge in [0, 0.05) is 23.5 Å². The molecule has 2 aromatic carbocycles. The molecule has 146 valence electrons. The van der Waals surface area contributed by atoms with E-state index in [2.05, 4.69) is 19.9 Å². The number of anilines is 1. The van der Waals surface area contributed by atoms with Crippen LogP contribution in [0.25, 0.3) is 22.0 Å². The van der Waals surface area contributed by atoms with Gasteiger partial charge in [-0.05, 0) is 37.3 Å². The SMILES string of the molecule is C[C@H](Oc1ccc(-c2ccc(F)c(Cl)c2F)c2ncnc(N)c12)c1ncccn1. The monoisotopic (exact) mass is 413 g/mol. The molecule has 2 heterocycles. The number of hydrogen-bond donors (Lipinski definition) is 1. The van der Waals surface area contributed by atoms with Crippen molar-refractivity contribution in [2.75, 3.05) is 5.73 Å². The first-order valence-electron chi connectivity index (χ1n) is 8.58. The first-order chi connectivity index (χ1) is 14.0. The fourth-order valence-corrected chi connectivity index (χ4v) is 3.15. The molecular weight excluding hydrogens is 400 g/mol. The van der Waals surface area contributed by atoms with Crippen LogP contribution in [0.1, 0.15) is 18.9 Å². The molecule has 0 bridgehead atoms. The van der Waals surface area contributed by atoms with Gasteiger partial charge in [0.15, 0.2) is 17.7 Å². The summed E-state index contributed by atoms with van der Waals surface area (Å²) in [5, 5.41) is -0.194. The molecule has 2 aromatic heterocycles. The number of hydrogen-bond acceptors (Lipinski definition) is 6. The topological polar surface area (TPSA) is 86.8 Å². The summed E-state index contributed by atoms with van der Waals surface area (Å²) in [6.07, 6.45) is 4.00. The summed E-state index contributed by atoms with van der Waals surface area (Å²) in [6.45, 7) is 1.79. The van der Waals surface area contributed by atoms with Crippen LogP contribution in [0.2, 0.25) is 5.02 Å². The van der Waals surface area contributed by atoms with Crippen molar-refractivity contribution in [1.82, 2.24) is 19.9 Å². The van der Waals surface area contributed by atoms with Crippen molar-refractivity contribution in [3.8, 4) is 16.9 Å². The van der Waals surface area contributed by atoms with Gasteiger partial charge in [-0.15, -0.1) is 0 Å². The second-order valence-electron chi connectivity index (χ2n) is 6.18. The van der Waals surface area contributed by atoms with Crippen LogP contribution in [0.5, 0.6) is 5.75 Å². The maximum Gasteiger partial charge on any atom is 0.168 e. The van der Waals surface area contributed by atoms with E-state index in [9.17, 15) is 8.78 Å². The molecule has 0 radical (unpaired) electrons. The quantitative estimate of drug-likeness (QED) is 0.486. The average Bonchev–Trinajstić information content (AvgIpc) is 2.73.